The Bertz CT molecular complexity index is 910. The van der Waals surface area contributed by atoms with Crippen molar-refractivity contribution in [3.05, 3.63) is 71.3 Å². The van der Waals surface area contributed by atoms with Crippen LogP contribution < -0.4 is 5.32 Å². The van der Waals surface area contributed by atoms with Crippen LogP contribution in [0.2, 0.25) is 0 Å². The van der Waals surface area contributed by atoms with E-state index in [1.54, 1.807) is 4.90 Å². The molecule has 1 saturated heterocycles. The van der Waals surface area contributed by atoms with Gasteiger partial charge < -0.3 is 10.2 Å². The molecule has 0 aromatic heterocycles. The van der Waals surface area contributed by atoms with Crippen LogP contribution in [-0.4, -0.2) is 52.8 Å². The summed E-state index contributed by atoms with van der Waals surface area (Å²) in [6.07, 6.45) is 2.63. The number of carbonyl (C=O) groups is 2. The van der Waals surface area contributed by atoms with Crippen LogP contribution in [0.3, 0.4) is 0 Å². The molecule has 2 aliphatic heterocycles. The van der Waals surface area contributed by atoms with Crippen molar-refractivity contribution in [1.82, 2.24) is 15.1 Å². The van der Waals surface area contributed by atoms with E-state index in [0.717, 1.165) is 32.4 Å². The highest BCUT2D eigenvalue weighted by molar-refractivity contribution is 5.97. The lowest BCUT2D eigenvalue weighted by Crippen LogP contribution is -2.55. The number of nitrogens with zero attached hydrogens (tertiary/aromatic N) is 2. The summed E-state index contributed by atoms with van der Waals surface area (Å²) >= 11 is 0. The van der Waals surface area contributed by atoms with Crippen LogP contribution in [0.5, 0.6) is 0 Å². The molecular formula is C25H31N3O2. The van der Waals surface area contributed by atoms with Gasteiger partial charge in [-0.1, -0.05) is 42.5 Å². The van der Waals surface area contributed by atoms with Crippen LogP contribution in [-0.2, 0) is 17.8 Å². The standard InChI is InChI=1S/C25H31N3O2/c1-25(2,27-16-14-19-9-6-7-12-21(19)17-27)18-26-23(29)22-13-8-15-28(22)24(30)20-10-4-3-5-11-20/h3-7,9-12,22H,8,13-18H2,1-2H3,(H,26,29). The van der Waals surface area contributed by atoms with Gasteiger partial charge in [0, 0.05) is 37.3 Å². The molecule has 2 aromatic rings. The number of hydrogen-bond acceptors (Lipinski definition) is 3. The van der Waals surface area contributed by atoms with E-state index >= 15 is 0 Å². The molecule has 0 aliphatic carbocycles. The van der Waals surface area contributed by atoms with E-state index in [2.05, 4.69) is 48.3 Å². The Hall–Kier alpha value is -2.66. The predicted octanol–water partition coefficient (Wildman–Crippen LogP) is 3.24. The molecule has 1 atom stereocenters. The summed E-state index contributed by atoms with van der Waals surface area (Å²) in [6, 6.07) is 17.5. The van der Waals surface area contributed by atoms with Crippen molar-refractivity contribution in [3.8, 4) is 0 Å². The highest BCUT2D eigenvalue weighted by Crippen LogP contribution is 2.25. The molecular weight excluding hydrogens is 374 g/mol. The number of nitrogens with one attached hydrogen (secondary N) is 1. The van der Waals surface area contributed by atoms with Crippen LogP contribution in [0.25, 0.3) is 0 Å². The van der Waals surface area contributed by atoms with Gasteiger partial charge in [0.15, 0.2) is 0 Å². The van der Waals surface area contributed by atoms with Gasteiger partial charge in [-0.2, -0.15) is 0 Å². The van der Waals surface area contributed by atoms with E-state index in [1.165, 1.54) is 11.1 Å². The fraction of sp³-hybridized carbons (Fsp3) is 0.440. The molecule has 2 amide bonds. The molecule has 2 aliphatic rings. The molecule has 5 nitrogen and oxygen atoms in total. The third-order valence-electron chi connectivity index (χ3n) is 6.52. The predicted molar refractivity (Wildman–Crippen MR) is 118 cm³/mol. The lowest BCUT2D eigenvalue weighted by molar-refractivity contribution is -0.125. The highest BCUT2D eigenvalue weighted by Gasteiger charge is 2.36. The number of rotatable bonds is 5. The van der Waals surface area contributed by atoms with Crippen LogP contribution in [0.15, 0.2) is 54.6 Å². The van der Waals surface area contributed by atoms with Gasteiger partial charge in [-0.25, -0.2) is 0 Å². The van der Waals surface area contributed by atoms with Gasteiger partial charge in [-0.3, -0.25) is 14.5 Å². The molecule has 2 aromatic carbocycles. The fourth-order valence-electron chi connectivity index (χ4n) is 4.57. The van der Waals surface area contributed by atoms with Gasteiger partial charge in [0.1, 0.15) is 6.04 Å². The van der Waals surface area contributed by atoms with Gasteiger partial charge >= 0.3 is 0 Å². The molecule has 4 rings (SSSR count). The van der Waals surface area contributed by atoms with E-state index in [4.69, 9.17) is 0 Å². The number of amides is 2. The molecule has 5 heteroatoms. The van der Waals surface area contributed by atoms with Crippen molar-refractivity contribution in [3.63, 3.8) is 0 Å². The molecule has 2 heterocycles. The zero-order chi connectivity index (χ0) is 21.1. The average molecular weight is 406 g/mol. The van der Waals surface area contributed by atoms with Crippen LogP contribution >= 0.6 is 0 Å². The van der Waals surface area contributed by atoms with Gasteiger partial charge in [0.05, 0.1) is 0 Å². The zero-order valence-electron chi connectivity index (χ0n) is 17.9. The summed E-state index contributed by atoms with van der Waals surface area (Å²) < 4.78 is 0. The summed E-state index contributed by atoms with van der Waals surface area (Å²) in [5.74, 6) is -0.0950. The van der Waals surface area contributed by atoms with Crippen molar-refractivity contribution in [2.24, 2.45) is 0 Å². The van der Waals surface area contributed by atoms with Crippen molar-refractivity contribution in [2.75, 3.05) is 19.6 Å². The highest BCUT2D eigenvalue weighted by atomic mass is 16.2. The molecule has 0 spiro atoms. The third-order valence-corrected chi connectivity index (χ3v) is 6.52. The quantitative estimate of drug-likeness (QED) is 0.831. The summed E-state index contributed by atoms with van der Waals surface area (Å²) in [6.45, 7) is 7.46. The maximum atomic E-state index is 13.0. The second kappa shape index (κ2) is 8.60. The number of likely N-dealkylation sites (tertiary alicyclic amines) is 1. The Morgan fingerprint density at radius 1 is 1.00 bits per heavy atom. The molecule has 0 radical (unpaired) electrons. The molecule has 1 fully saturated rings. The van der Waals surface area contributed by atoms with Gasteiger partial charge in [-0.05, 0) is 56.4 Å². The molecule has 30 heavy (non-hydrogen) atoms. The lowest BCUT2D eigenvalue weighted by atomic mass is 9.94. The average Bonchev–Trinajstić information content (AvgIpc) is 3.27. The van der Waals surface area contributed by atoms with E-state index in [9.17, 15) is 9.59 Å². The maximum Gasteiger partial charge on any atom is 0.254 e. The minimum Gasteiger partial charge on any atom is -0.352 e. The van der Waals surface area contributed by atoms with Crippen LogP contribution in [0, 0.1) is 0 Å². The first-order chi connectivity index (χ1) is 14.5. The molecule has 0 bridgehead atoms. The Labute approximate surface area is 179 Å². The number of carbonyl (C=O) groups excluding carboxylic acids is 2. The molecule has 158 valence electrons. The van der Waals surface area contributed by atoms with E-state index in [0.29, 0.717) is 18.7 Å². The number of fused-ring (bicyclic) bond motifs is 1. The molecule has 0 saturated carbocycles. The Kier molecular flexibility index (Phi) is 5.91. The van der Waals surface area contributed by atoms with E-state index in [1.807, 2.05) is 30.3 Å². The first-order valence-corrected chi connectivity index (χ1v) is 10.9. The van der Waals surface area contributed by atoms with Crippen LogP contribution in [0.4, 0.5) is 0 Å². The minimum atomic E-state index is -0.379. The zero-order valence-corrected chi connectivity index (χ0v) is 17.9. The number of benzene rings is 2. The van der Waals surface area contributed by atoms with Gasteiger partial charge in [0.25, 0.3) is 5.91 Å². The summed E-state index contributed by atoms with van der Waals surface area (Å²) in [4.78, 5) is 30.0. The van der Waals surface area contributed by atoms with Crippen molar-refractivity contribution in [1.29, 1.82) is 0 Å². The second-order valence-corrected chi connectivity index (χ2v) is 8.99. The maximum absolute atomic E-state index is 13.0. The topological polar surface area (TPSA) is 52.7 Å². The first-order valence-electron chi connectivity index (χ1n) is 10.9. The number of hydrogen-bond donors (Lipinski definition) is 1. The second-order valence-electron chi connectivity index (χ2n) is 8.99. The normalized spacial score (nSPS) is 19.4. The van der Waals surface area contributed by atoms with Gasteiger partial charge in [0.2, 0.25) is 5.91 Å². The summed E-state index contributed by atoms with van der Waals surface area (Å²) in [5, 5.41) is 3.15. The Morgan fingerprint density at radius 3 is 2.47 bits per heavy atom. The van der Waals surface area contributed by atoms with E-state index < -0.39 is 0 Å². The summed E-state index contributed by atoms with van der Waals surface area (Å²) in [7, 11) is 0. The molecule has 1 N–H and O–H groups in total. The Balaban J connectivity index is 1.37. The fourth-order valence-corrected chi connectivity index (χ4v) is 4.57. The summed E-state index contributed by atoms with van der Waals surface area (Å²) in [5.41, 5.74) is 3.29. The minimum absolute atomic E-state index is 0.0396. The van der Waals surface area contributed by atoms with Crippen molar-refractivity contribution >= 4 is 11.8 Å². The van der Waals surface area contributed by atoms with Gasteiger partial charge in [-0.15, -0.1) is 0 Å². The smallest absolute Gasteiger partial charge is 0.254 e. The SMILES string of the molecule is CC(C)(CNC(=O)C1CCCN1C(=O)c1ccccc1)N1CCc2ccccc2C1. The van der Waals surface area contributed by atoms with E-state index in [-0.39, 0.29) is 23.4 Å². The Morgan fingerprint density at radius 2 is 1.70 bits per heavy atom. The first kappa shape index (κ1) is 20.6. The van der Waals surface area contributed by atoms with Crippen molar-refractivity contribution in [2.45, 2.75) is 51.2 Å². The third kappa shape index (κ3) is 4.26. The molecule has 1 unspecified atom stereocenters. The largest absolute Gasteiger partial charge is 0.352 e. The lowest BCUT2D eigenvalue weighted by Gasteiger charge is -2.42. The van der Waals surface area contributed by atoms with Crippen LogP contribution in [0.1, 0.15) is 48.2 Å². The van der Waals surface area contributed by atoms with Crippen molar-refractivity contribution < 1.29 is 9.59 Å². The monoisotopic (exact) mass is 405 g/mol.